The zero-order valence-electron chi connectivity index (χ0n) is 15.4. The summed E-state index contributed by atoms with van der Waals surface area (Å²) >= 11 is 1.08. The summed E-state index contributed by atoms with van der Waals surface area (Å²) in [5.74, 6) is -1.12. The van der Waals surface area contributed by atoms with Crippen molar-refractivity contribution < 1.29 is 19.4 Å². The zero-order chi connectivity index (χ0) is 17.9. The number of ether oxygens (including phenoxy) is 1. The first-order valence-electron chi connectivity index (χ1n) is 9.62. The number of hydrogen-bond donors (Lipinski definition) is 1. The fourth-order valence-electron chi connectivity index (χ4n) is 2.57. The second-order valence-corrected chi connectivity index (χ2v) is 7.34. The minimum Gasteiger partial charge on any atom is -0.481 e. The Bertz CT molecular complexity index is 308. The van der Waals surface area contributed by atoms with E-state index in [9.17, 15) is 9.59 Å². The molecule has 0 amide bonds. The molecule has 0 saturated heterocycles. The maximum Gasteiger partial charge on any atom is 0.315 e. The summed E-state index contributed by atoms with van der Waals surface area (Å²) in [5, 5.41) is 8.46. The first kappa shape index (κ1) is 23.3. The molecule has 0 saturated carbocycles. The molecule has 5 heteroatoms. The second-order valence-electron chi connectivity index (χ2n) is 6.35. The molecule has 0 rings (SSSR count). The minimum atomic E-state index is -0.899. The van der Waals surface area contributed by atoms with Crippen LogP contribution >= 0.6 is 11.8 Å². The molecule has 0 aromatic carbocycles. The summed E-state index contributed by atoms with van der Waals surface area (Å²) in [6.45, 7) is 2.72. The summed E-state index contributed by atoms with van der Waals surface area (Å²) in [6, 6.07) is 0. The SMILES string of the molecule is CCCCCCCCCCCCCCCOC(=O)CSCC(=O)O. The lowest BCUT2D eigenvalue weighted by Gasteiger charge is -2.05. The number of carboxylic acid groups (broad SMARTS) is 1. The fraction of sp³-hybridized carbons (Fsp3) is 0.895. The van der Waals surface area contributed by atoms with E-state index in [0.29, 0.717) is 6.61 Å². The lowest BCUT2D eigenvalue weighted by Crippen LogP contribution is -2.10. The lowest BCUT2D eigenvalue weighted by molar-refractivity contribution is -0.140. The van der Waals surface area contributed by atoms with Crippen molar-refractivity contribution in [3.05, 3.63) is 0 Å². The van der Waals surface area contributed by atoms with Gasteiger partial charge in [0.2, 0.25) is 0 Å². The molecule has 0 radical (unpaired) electrons. The quantitative estimate of drug-likeness (QED) is 0.260. The highest BCUT2D eigenvalue weighted by molar-refractivity contribution is 8.00. The van der Waals surface area contributed by atoms with Crippen molar-refractivity contribution in [2.75, 3.05) is 18.1 Å². The standard InChI is InChI=1S/C19H36O4S/c1-2-3-4-5-6-7-8-9-10-11-12-13-14-15-23-19(22)17-24-16-18(20)21/h2-17H2,1H3,(H,20,21). The minimum absolute atomic E-state index is 0.0478. The van der Waals surface area contributed by atoms with Crippen LogP contribution in [-0.4, -0.2) is 35.2 Å². The van der Waals surface area contributed by atoms with E-state index in [0.717, 1.165) is 24.6 Å². The number of rotatable bonds is 18. The number of unbranched alkanes of at least 4 members (excludes halogenated alkanes) is 12. The smallest absolute Gasteiger partial charge is 0.315 e. The van der Waals surface area contributed by atoms with Crippen molar-refractivity contribution in [2.45, 2.75) is 90.4 Å². The maximum atomic E-state index is 11.3. The van der Waals surface area contributed by atoms with Crippen molar-refractivity contribution in [2.24, 2.45) is 0 Å². The summed E-state index contributed by atoms with van der Waals surface area (Å²) in [6.07, 6.45) is 16.8. The van der Waals surface area contributed by atoms with Crippen LogP contribution in [-0.2, 0) is 14.3 Å². The van der Waals surface area contributed by atoms with Crippen LogP contribution in [0.25, 0.3) is 0 Å². The Kier molecular flexibility index (Phi) is 18.1. The molecule has 0 aromatic heterocycles. The molecule has 142 valence electrons. The van der Waals surface area contributed by atoms with Gasteiger partial charge in [-0.1, -0.05) is 84.0 Å². The third kappa shape index (κ3) is 19.3. The van der Waals surface area contributed by atoms with Crippen LogP contribution in [0.1, 0.15) is 90.4 Å². The highest BCUT2D eigenvalue weighted by atomic mass is 32.2. The van der Waals surface area contributed by atoms with Gasteiger partial charge in [-0.05, 0) is 6.42 Å². The third-order valence-electron chi connectivity index (χ3n) is 3.96. The van der Waals surface area contributed by atoms with E-state index in [1.165, 1.54) is 70.6 Å². The van der Waals surface area contributed by atoms with Crippen molar-refractivity contribution in [1.82, 2.24) is 0 Å². The van der Waals surface area contributed by atoms with Gasteiger partial charge in [-0.2, -0.15) is 0 Å². The van der Waals surface area contributed by atoms with Gasteiger partial charge in [0.1, 0.15) is 0 Å². The van der Waals surface area contributed by atoms with Crippen LogP contribution in [0.4, 0.5) is 0 Å². The molecule has 1 N–H and O–H groups in total. The van der Waals surface area contributed by atoms with E-state index in [4.69, 9.17) is 9.84 Å². The first-order valence-corrected chi connectivity index (χ1v) is 10.8. The average molecular weight is 361 g/mol. The molecule has 0 fully saturated rings. The topological polar surface area (TPSA) is 63.6 Å². The predicted molar refractivity (Wildman–Crippen MR) is 102 cm³/mol. The van der Waals surface area contributed by atoms with Crippen molar-refractivity contribution in [3.8, 4) is 0 Å². The normalized spacial score (nSPS) is 10.7. The molecule has 0 aromatic rings. The van der Waals surface area contributed by atoms with Crippen LogP contribution in [0.2, 0.25) is 0 Å². The highest BCUT2D eigenvalue weighted by Gasteiger charge is 2.04. The van der Waals surface area contributed by atoms with E-state index in [2.05, 4.69) is 6.92 Å². The van der Waals surface area contributed by atoms with E-state index in [1.807, 2.05) is 0 Å². The summed E-state index contributed by atoms with van der Waals surface area (Å²) < 4.78 is 5.07. The van der Waals surface area contributed by atoms with Crippen LogP contribution in [0.5, 0.6) is 0 Å². The largest absolute Gasteiger partial charge is 0.481 e. The summed E-state index contributed by atoms with van der Waals surface area (Å²) in [5.41, 5.74) is 0. The molecule has 0 unspecified atom stereocenters. The Balaban J connectivity index is 3.12. The Labute approximate surface area is 152 Å². The monoisotopic (exact) mass is 360 g/mol. The third-order valence-corrected chi connectivity index (χ3v) is 4.85. The summed E-state index contributed by atoms with van der Waals surface area (Å²) in [7, 11) is 0. The number of carboxylic acids is 1. The van der Waals surface area contributed by atoms with Crippen LogP contribution in [0.15, 0.2) is 0 Å². The molecule has 24 heavy (non-hydrogen) atoms. The fourth-order valence-corrected chi connectivity index (χ4v) is 3.10. The first-order chi connectivity index (χ1) is 11.7. The van der Waals surface area contributed by atoms with Gasteiger partial charge in [0, 0.05) is 0 Å². The van der Waals surface area contributed by atoms with E-state index < -0.39 is 5.97 Å². The van der Waals surface area contributed by atoms with E-state index >= 15 is 0 Å². The molecule has 0 aliphatic rings. The van der Waals surface area contributed by atoms with Crippen molar-refractivity contribution >= 4 is 23.7 Å². The number of carbonyl (C=O) groups excluding carboxylic acids is 1. The number of thioether (sulfide) groups is 1. The Morgan fingerprint density at radius 2 is 1.21 bits per heavy atom. The molecular formula is C19H36O4S. The molecule has 0 bridgehead atoms. The predicted octanol–water partition coefficient (Wildman–Crippen LogP) is 5.44. The van der Waals surface area contributed by atoms with Gasteiger partial charge in [-0.25, -0.2) is 0 Å². The molecule has 0 heterocycles. The molecule has 0 aliphatic carbocycles. The van der Waals surface area contributed by atoms with E-state index in [-0.39, 0.29) is 17.5 Å². The number of hydrogen-bond acceptors (Lipinski definition) is 4. The van der Waals surface area contributed by atoms with Crippen molar-refractivity contribution in [1.29, 1.82) is 0 Å². The Hall–Kier alpha value is -0.710. The van der Waals surface area contributed by atoms with Gasteiger partial charge in [-0.3, -0.25) is 9.59 Å². The van der Waals surface area contributed by atoms with Gasteiger partial charge in [0.25, 0.3) is 0 Å². The Morgan fingerprint density at radius 1 is 0.750 bits per heavy atom. The van der Waals surface area contributed by atoms with Gasteiger partial charge in [0.15, 0.2) is 0 Å². The van der Waals surface area contributed by atoms with Crippen molar-refractivity contribution in [3.63, 3.8) is 0 Å². The van der Waals surface area contributed by atoms with Crippen LogP contribution < -0.4 is 0 Å². The summed E-state index contributed by atoms with van der Waals surface area (Å²) in [4.78, 5) is 21.6. The van der Waals surface area contributed by atoms with E-state index in [1.54, 1.807) is 0 Å². The van der Waals surface area contributed by atoms with Crippen LogP contribution in [0, 0.1) is 0 Å². The maximum absolute atomic E-state index is 11.3. The van der Waals surface area contributed by atoms with Gasteiger partial charge in [-0.15, -0.1) is 11.8 Å². The van der Waals surface area contributed by atoms with Gasteiger partial charge in [0.05, 0.1) is 18.1 Å². The zero-order valence-corrected chi connectivity index (χ0v) is 16.2. The molecule has 0 atom stereocenters. The number of esters is 1. The van der Waals surface area contributed by atoms with Crippen LogP contribution in [0.3, 0.4) is 0 Å². The molecule has 0 spiro atoms. The number of aliphatic carboxylic acids is 1. The second kappa shape index (κ2) is 18.6. The molecular weight excluding hydrogens is 324 g/mol. The van der Waals surface area contributed by atoms with Gasteiger partial charge >= 0.3 is 11.9 Å². The van der Waals surface area contributed by atoms with Gasteiger partial charge < -0.3 is 9.84 Å². The highest BCUT2D eigenvalue weighted by Crippen LogP contribution is 2.12. The molecule has 4 nitrogen and oxygen atoms in total. The average Bonchev–Trinajstić information content (AvgIpc) is 2.55. The lowest BCUT2D eigenvalue weighted by atomic mass is 10.0. The molecule has 0 aliphatic heterocycles. The Morgan fingerprint density at radius 3 is 1.67 bits per heavy atom. The number of carbonyl (C=O) groups is 2.